The molecular weight excluding hydrogens is 252 g/mol. The highest BCUT2D eigenvalue weighted by atomic mass is 16.5. The quantitative estimate of drug-likeness (QED) is 0.841. The molecule has 1 aliphatic heterocycles. The van der Waals surface area contributed by atoms with Gasteiger partial charge in [-0.2, -0.15) is 0 Å². The summed E-state index contributed by atoms with van der Waals surface area (Å²) in [6.07, 6.45) is 4.95. The van der Waals surface area contributed by atoms with Crippen molar-refractivity contribution >= 4 is 11.6 Å². The van der Waals surface area contributed by atoms with Crippen LogP contribution in [0.2, 0.25) is 0 Å². The number of ether oxygens (including phenoxy) is 1. The first-order chi connectivity index (χ1) is 9.72. The predicted molar refractivity (Wildman–Crippen MR) is 80.6 cm³/mol. The first-order valence-corrected chi connectivity index (χ1v) is 7.49. The molecule has 0 spiro atoms. The third-order valence-electron chi connectivity index (χ3n) is 3.91. The Balaban J connectivity index is 1.81. The maximum atomic E-state index is 12.3. The van der Waals surface area contributed by atoms with Crippen LogP contribution in [0.1, 0.15) is 39.0 Å². The van der Waals surface area contributed by atoms with Crippen LogP contribution >= 0.6 is 0 Å². The lowest BCUT2D eigenvalue weighted by atomic mass is 10.00. The molecule has 0 saturated carbocycles. The van der Waals surface area contributed by atoms with E-state index in [9.17, 15) is 4.79 Å². The summed E-state index contributed by atoms with van der Waals surface area (Å²) in [5.74, 6) is 0.858. The van der Waals surface area contributed by atoms with E-state index in [-0.39, 0.29) is 5.91 Å². The molecule has 1 amide bonds. The third kappa shape index (κ3) is 3.65. The molecule has 1 saturated heterocycles. The Morgan fingerprint density at radius 3 is 2.95 bits per heavy atom. The standard InChI is InChI=1S/C16H24N2O2/c1-2-13-7-5-6-11-18(13)16(19)10-12-20-15-9-4-3-8-14(15)17/h3-4,8-9,13H,2,5-7,10-12,17H2,1H3. The number of nitrogen functional groups attached to an aromatic ring is 1. The fourth-order valence-electron chi connectivity index (χ4n) is 2.76. The molecule has 2 N–H and O–H groups in total. The van der Waals surface area contributed by atoms with E-state index in [1.807, 2.05) is 23.1 Å². The van der Waals surface area contributed by atoms with E-state index < -0.39 is 0 Å². The second kappa shape index (κ2) is 7.17. The zero-order chi connectivity index (χ0) is 14.4. The fraction of sp³-hybridized carbons (Fsp3) is 0.562. The summed E-state index contributed by atoms with van der Waals surface area (Å²) in [6.45, 7) is 3.43. The molecular formula is C16H24N2O2. The Labute approximate surface area is 120 Å². The summed E-state index contributed by atoms with van der Waals surface area (Å²) in [5, 5.41) is 0. The second-order valence-corrected chi connectivity index (χ2v) is 5.28. The molecule has 0 aromatic heterocycles. The monoisotopic (exact) mass is 276 g/mol. The van der Waals surface area contributed by atoms with Crippen LogP contribution in [0.15, 0.2) is 24.3 Å². The minimum Gasteiger partial charge on any atom is -0.491 e. The van der Waals surface area contributed by atoms with E-state index in [1.54, 1.807) is 6.07 Å². The van der Waals surface area contributed by atoms with Gasteiger partial charge in [-0.25, -0.2) is 0 Å². The van der Waals surface area contributed by atoms with Crippen LogP contribution in [0, 0.1) is 0 Å². The summed E-state index contributed by atoms with van der Waals surface area (Å²) < 4.78 is 5.59. The Morgan fingerprint density at radius 1 is 1.40 bits per heavy atom. The Morgan fingerprint density at radius 2 is 2.20 bits per heavy atom. The second-order valence-electron chi connectivity index (χ2n) is 5.28. The number of hydrogen-bond donors (Lipinski definition) is 1. The van der Waals surface area contributed by atoms with Crippen LogP contribution in [0.25, 0.3) is 0 Å². The lowest BCUT2D eigenvalue weighted by molar-refractivity contribution is -0.135. The van der Waals surface area contributed by atoms with Gasteiger partial charge in [0.15, 0.2) is 0 Å². The van der Waals surface area contributed by atoms with Crippen LogP contribution < -0.4 is 10.5 Å². The highest BCUT2D eigenvalue weighted by Gasteiger charge is 2.24. The summed E-state index contributed by atoms with van der Waals surface area (Å²) in [6, 6.07) is 7.79. The van der Waals surface area contributed by atoms with Gasteiger partial charge in [0.2, 0.25) is 5.91 Å². The number of amides is 1. The number of likely N-dealkylation sites (tertiary alicyclic amines) is 1. The molecule has 2 rings (SSSR count). The molecule has 110 valence electrons. The largest absolute Gasteiger partial charge is 0.491 e. The number of benzene rings is 1. The molecule has 0 radical (unpaired) electrons. The Kier molecular flexibility index (Phi) is 5.27. The highest BCUT2D eigenvalue weighted by Crippen LogP contribution is 2.22. The molecule has 1 aliphatic rings. The average Bonchev–Trinajstić information content (AvgIpc) is 2.49. The van der Waals surface area contributed by atoms with Crippen molar-refractivity contribution in [2.45, 2.75) is 45.1 Å². The van der Waals surface area contributed by atoms with Gasteiger partial charge < -0.3 is 15.4 Å². The predicted octanol–water partition coefficient (Wildman–Crippen LogP) is 2.83. The smallest absolute Gasteiger partial charge is 0.226 e. The molecule has 1 heterocycles. The number of hydrogen-bond acceptors (Lipinski definition) is 3. The van der Waals surface area contributed by atoms with E-state index in [0.717, 1.165) is 25.8 Å². The van der Waals surface area contributed by atoms with Gasteiger partial charge in [0.1, 0.15) is 5.75 Å². The minimum atomic E-state index is 0.200. The fourth-order valence-corrected chi connectivity index (χ4v) is 2.76. The van der Waals surface area contributed by atoms with Crippen molar-refractivity contribution in [1.29, 1.82) is 0 Å². The molecule has 4 nitrogen and oxygen atoms in total. The van der Waals surface area contributed by atoms with Crippen LogP contribution in [0.5, 0.6) is 5.75 Å². The van der Waals surface area contributed by atoms with Gasteiger partial charge in [0, 0.05) is 12.6 Å². The van der Waals surface area contributed by atoms with Crippen molar-refractivity contribution in [3.05, 3.63) is 24.3 Å². The Hall–Kier alpha value is -1.71. The molecule has 1 atom stereocenters. The van der Waals surface area contributed by atoms with Gasteiger partial charge in [-0.05, 0) is 37.8 Å². The highest BCUT2D eigenvalue weighted by molar-refractivity contribution is 5.76. The van der Waals surface area contributed by atoms with Crippen LogP contribution in [0.4, 0.5) is 5.69 Å². The number of carbonyl (C=O) groups excluding carboxylic acids is 1. The first-order valence-electron chi connectivity index (χ1n) is 7.49. The van der Waals surface area contributed by atoms with Crippen molar-refractivity contribution in [1.82, 2.24) is 4.90 Å². The first kappa shape index (κ1) is 14.7. The average molecular weight is 276 g/mol. The number of anilines is 1. The van der Waals surface area contributed by atoms with Crippen LogP contribution in [0.3, 0.4) is 0 Å². The topological polar surface area (TPSA) is 55.6 Å². The van der Waals surface area contributed by atoms with Crippen LogP contribution in [-0.2, 0) is 4.79 Å². The third-order valence-corrected chi connectivity index (χ3v) is 3.91. The van der Waals surface area contributed by atoms with Crippen molar-refractivity contribution < 1.29 is 9.53 Å². The van der Waals surface area contributed by atoms with Gasteiger partial charge in [-0.1, -0.05) is 19.1 Å². The summed E-state index contributed by atoms with van der Waals surface area (Å²) in [4.78, 5) is 14.3. The molecule has 1 fully saturated rings. The molecule has 0 bridgehead atoms. The number of carbonyl (C=O) groups is 1. The van der Waals surface area contributed by atoms with Gasteiger partial charge in [0.25, 0.3) is 0 Å². The molecule has 0 aliphatic carbocycles. The molecule has 1 unspecified atom stereocenters. The van der Waals surface area contributed by atoms with Crippen molar-refractivity contribution in [2.75, 3.05) is 18.9 Å². The maximum absolute atomic E-state index is 12.3. The summed E-state index contributed by atoms with van der Waals surface area (Å²) in [7, 11) is 0. The molecule has 1 aromatic rings. The summed E-state index contributed by atoms with van der Waals surface area (Å²) >= 11 is 0. The van der Waals surface area contributed by atoms with E-state index >= 15 is 0 Å². The number of rotatable bonds is 5. The van der Waals surface area contributed by atoms with Gasteiger partial charge >= 0.3 is 0 Å². The number of nitrogens with two attached hydrogens (primary N) is 1. The van der Waals surface area contributed by atoms with E-state index in [0.29, 0.717) is 30.5 Å². The van der Waals surface area contributed by atoms with Crippen molar-refractivity contribution in [2.24, 2.45) is 0 Å². The van der Waals surface area contributed by atoms with Crippen LogP contribution in [-0.4, -0.2) is 30.0 Å². The number of nitrogens with zero attached hydrogens (tertiary/aromatic N) is 1. The number of piperidine rings is 1. The van der Waals surface area contributed by atoms with Gasteiger partial charge in [-0.3, -0.25) is 4.79 Å². The maximum Gasteiger partial charge on any atom is 0.226 e. The SMILES string of the molecule is CCC1CCCCN1C(=O)CCOc1ccccc1N. The zero-order valence-electron chi connectivity index (χ0n) is 12.2. The Bertz CT molecular complexity index is 448. The van der Waals surface area contributed by atoms with Crippen molar-refractivity contribution in [3.8, 4) is 5.75 Å². The van der Waals surface area contributed by atoms with E-state index in [2.05, 4.69) is 6.92 Å². The van der Waals surface area contributed by atoms with E-state index in [4.69, 9.17) is 10.5 Å². The van der Waals surface area contributed by atoms with Gasteiger partial charge in [0.05, 0.1) is 18.7 Å². The lowest BCUT2D eigenvalue weighted by Gasteiger charge is -2.35. The van der Waals surface area contributed by atoms with Crippen molar-refractivity contribution in [3.63, 3.8) is 0 Å². The normalized spacial score (nSPS) is 18.9. The minimum absolute atomic E-state index is 0.200. The molecule has 4 heteroatoms. The van der Waals surface area contributed by atoms with Gasteiger partial charge in [-0.15, -0.1) is 0 Å². The number of para-hydroxylation sites is 2. The molecule has 1 aromatic carbocycles. The summed E-state index contributed by atoms with van der Waals surface area (Å²) in [5.41, 5.74) is 6.42. The lowest BCUT2D eigenvalue weighted by Crippen LogP contribution is -2.43. The van der Waals surface area contributed by atoms with E-state index in [1.165, 1.54) is 6.42 Å². The molecule has 20 heavy (non-hydrogen) atoms. The zero-order valence-corrected chi connectivity index (χ0v) is 12.2.